The monoisotopic (exact) mass is 427 g/mol. The van der Waals surface area contributed by atoms with Crippen LogP contribution in [-0.4, -0.2) is 78.1 Å². The molecule has 0 radical (unpaired) electrons. The van der Waals surface area contributed by atoms with E-state index in [1.54, 1.807) is 6.08 Å². The molecular formula is C22H31N6O3+. The summed E-state index contributed by atoms with van der Waals surface area (Å²) in [6, 6.07) is 3.98. The summed E-state index contributed by atoms with van der Waals surface area (Å²) in [5, 5.41) is 21.7. The number of nitrogens with two attached hydrogens (primary N) is 1. The molecule has 9 heteroatoms. The Morgan fingerprint density at radius 1 is 1.16 bits per heavy atom. The fourth-order valence-corrected chi connectivity index (χ4v) is 3.00. The number of hydrogen-bond acceptors (Lipinski definition) is 7. The third-order valence-corrected chi connectivity index (χ3v) is 4.95. The lowest BCUT2D eigenvalue weighted by molar-refractivity contribution is -0.870. The average molecular weight is 428 g/mol. The number of aliphatic hydroxyl groups is 1. The molecule has 1 aliphatic carbocycles. The van der Waals surface area contributed by atoms with Crippen molar-refractivity contribution in [2.45, 2.75) is 13.8 Å². The number of quaternary nitrogens is 1. The van der Waals surface area contributed by atoms with Gasteiger partial charge in [0.05, 0.1) is 50.4 Å². The van der Waals surface area contributed by atoms with E-state index in [-0.39, 0.29) is 18.9 Å². The van der Waals surface area contributed by atoms with Gasteiger partial charge in [-0.15, -0.1) is 5.10 Å². The predicted octanol–water partition coefficient (Wildman–Crippen LogP) is 1.88. The number of aliphatic imine (C=N–C) groups is 1. The quantitative estimate of drug-likeness (QED) is 0.439. The molecule has 0 amide bonds. The third kappa shape index (κ3) is 5.12. The molecule has 0 aliphatic heterocycles. The van der Waals surface area contributed by atoms with Crippen LogP contribution >= 0.6 is 0 Å². The molecular weight excluding hydrogens is 396 g/mol. The molecule has 0 spiro atoms. The van der Waals surface area contributed by atoms with Crippen molar-refractivity contribution in [1.29, 1.82) is 5.41 Å². The Hall–Kier alpha value is -3.17. The first-order chi connectivity index (χ1) is 14.6. The van der Waals surface area contributed by atoms with Gasteiger partial charge in [0.2, 0.25) is 0 Å². The molecule has 0 fully saturated rings. The number of likely N-dealkylation sites (N-methyl/N-ethyl adjacent to an activating group) is 1. The standard InChI is InChI=1S/C22H31N6O3/c1-14-6-7-19-21(22(26-27(19)15(14)2)31-10-8-28(3,4)5)25-18-13-20(30-11-9-29)17(24)12-16(18)23/h6-7,12-13,24,29H,8-11,23H2,1-5H3/q+1/b24-17?,25-18+. The highest BCUT2D eigenvalue weighted by Gasteiger charge is 2.21. The number of pyridine rings is 1. The van der Waals surface area contributed by atoms with Gasteiger partial charge < -0.3 is 24.8 Å². The summed E-state index contributed by atoms with van der Waals surface area (Å²) < 4.78 is 14.1. The molecule has 0 unspecified atom stereocenters. The van der Waals surface area contributed by atoms with Crippen molar-refractivity contribution < 1.29 is 19.1 Å². The minimum Gasteiger partial charge on any atom is -0.489 e. The Morgan fingerprint density at radius 3 is 2.58 bits per heavy atom. The number of hydrogen-bond donors (Lipinski definition) is 3. The number of fused-ring (bicyclic) bond motifs is 1. The topological polar surface area (TPSA) is 118 Å². The van der Waals surface area contributed by atoms with Crippen LogP contribution in [0.4, 0.5) is 5.69 Å². The van der Waals surface area contributed by atoms with Crippen molar-refractivity contribution in [3.63, 3.8) is 0 Å². The number of allylic oxidation sites excluding steroid dienone is 2. The zero-order chi connectivity index (χ0) is 22.8. The Labute approximate surface area is 182 Å². The first-order valence-corrected chi connectivity index (χ1v) is 10.1. The van der Waals surface area contributed by atoms with Crippen molar-refractivity contribution >= 4 is 22.6 Å². The van der Waals surface area contributed by atoms with E-state index < -0.39 is 0 Å². The van der Waals surface area contributed by atoms with Crippen LogP contribution < -0.4 is 10.5 Å². The van der Waals surface area contributed by atoms with Crippen LogP contribution in [0.2, 0.25) is 0 Å². The zero-order valence-corrected chi connectivity index (χ0v) is 18.8. The van der Waals surface area contributed by atoms with E-state index in [9.17, 15) is 0 Å². The minimum atomic E-state index is -0.146. The number of rotatable bonds is 8. The normalized spacial score (nSPS) is 15.9. The molecule has 2 heterocycles. The van der Waals surface area contributed by atoms with E-state index in [1.807, 2.05) is 30.5 Å². The summed E-state index contributed by atoms with van der Waals surface area (Å²) in [7, 11) is 6.30. The van der Waals surface area contributed by atoms with E-state index in [0.29, 0.717) is 35.3 Å². The highest BCUT2D eigenvalue weighted by Crippen LogP contribution is 2.34. The second kappa shape index (κ2) is 8.91. The molecule has 2 aromatic heterocycles. The van der Waals surface area contributed by atoms with E-state index in [4.69, 9.17) is 30.7 Å². The number of aryl methyl sites for hydroxylation is 2. The van der Waals surface area contributed by atoms with Crippen molar-refractivity contribution in [1.82, 2.24) is 9.61 Å². The summed E-state index contributed by atoms with van der Waals surface area (Å²) in [4.78, 5) is 4.76. The summed E-state index contributed by atoms with van der Waals surface area (Å²) in [6.45, 7) is 5.26. The SMILES string of the molecule is Cc1ccc2c(/N=C3\C=C(OCCO)C(=N)C=C3N)c(OCC[N+](C)(C)C)nn2c1C. The van der Waals surface area contributed by atoms with E-state index in [1.165, 1.54) is 6.08 Å². The van der Waals surface area contributed by atoms with Gasteiger partial charge in [-0.2, -0.15) is 0 Å². The maximum atomic E-state index is 9.03. The summed E-state index contributed by atoms with van der Waals surface area (Å²) in [6.07, 6.45) is 3.10. The zero-order valence-electron chi connectivity index (χ0n) is 18.8. The van der Waals surface area contributed by atoms with Crippen molar-refractivity contribution in [2.75, 3.05) is 47.5 Å². The number of nitrogens with one attached hydrogen (secondary N) is 1. The molecule has 0 saturated heterocycles. The lowest BCUT2D eigenvalue weighted by atomic mass is 10.1. The smallest absolute Gasteiger partial charge is 0.260 e. The highest BCUT2D eigenvalue weighted by molar-refractivity contribution is 6.22. The Kier molecular flexibility index (Phi) is 6.47. The molecule has 0 atom stereocenters. The number of aromatic nitrogens is 2. The Balaban J connectivity index is 2.07. The second-order valence-corrected chi connectivity index (χ2v) is 8.51. The first-order valence-electron chi connectivity index (χ1n) is 10.1. The third-order valence-electron chi connectivity index (χ3n) is 4.95. The summed E-state index contributed by atoms with van der Waals surface area (Å²) in [5.74, 6) is 0.729. The molecule has 0 saturated carbocycles. The highest BCUT2D eigenvalue weighted by atomic mass is 16.5. The van der Waals surface area contributed by atoms with Gasteiger partial charge in [0.15, 0.2) is 5.69 Å². The second-order valence-electron chi connectivity index (χ2n) is 8.51. The number of nitrogens with zero attached hydrogens (tertiary/aromatic N) is 4. The number of aliphatic hydroxyl groups excluding tert-OH is 1. The van der Waals surface area contributed by atoms with Gasteiger partial charge in [0.1, 0.15) is 25.5 Å². The molecule has 1 aliphatic rings. The molecule has 0 bridgehead atoms. The molecule has 9 nitrogen and oxygen atoms in total. The van der Waals surface area contributed by atoms with Gasteiger partial charge in [-0.25, -0.2) is 9.51 Å². The van der Waals surface area contributed by atoms with Crippen molar-refractivity contribution in [3.05, 3.63) is 47.0 Å². The lowest BCUT2D eigenvalue weighted by Gasteiger charge is -2.23. The lowest BCUT2D eigenvalue weighted by Crippen LogP contribution is -2.38. The van der Waals surface area contributed by atoms with Crippen LogP contribution in [0.1, 0.15) is 11.3 Å². The maximum Gasteiger partial charge on any atom is 0.260 e. The van der Waals surface area contributed by atoms with Gasteiger partial charge in [-0.05, 0) is 31.6 Å². The predicted molar refractivity (Wildman–Crippen MR) is 121 cm³/mol. The van der Waals surface area contributed by atoms with Gasteiger partial charge >= 0.3 is 0 Å². The van der Waals surface area contributed by atoms with Crippen LogP contribution in [-0.2, 0) is 4.74 Å². The van der Waals surface area contributed by atoms with Crippen LogP contribution in [0.3, 0.4) is 0 Å². The molecule has 2 aromatic rings. The molecule has 0 aromatic carbocycles. The molecule has 4 N–H and O–H groups in total. The summed E-state index contributed by atoms with van der Waals surface area (Å²) >= 11 is 0. The van der Waals surface area contributed by atoms with Crippen LogP contribution in [0.15, 0.2) is 40.7 Å². The molecule has 31 heavy (non-hydrogen) atoms. The Bertz CT molecular complexity index is 1090. The maximum absolute atomic E-state index is 9.03. The van der Waals surface area contributed by atoms with Crippen LogP contribution in [0, 0.1) is 19.3 Å². The largest absolute Gasteiger partial charge is 0.489 e. The average Bonchev–Trinajstić information content (AvgIpc) is 3.03. The van der Waals surface area contributed by atoms with Crippen molar-refractivity contribution in [3.8, 4) is 5.88 Å². The van der Waals surface area contributed by atoms with Gasteiger partial charge in [0.25, 0.3) is 5.88 Å². The van der Waals surface area contributed by atoms with Gasteiger partial charge in [-0.3, -0.25) is 5.41 Å². The molecule has 3 rings (SSSR count). The van der Waals surface area contributed by atoms with Gasteiger partial charge in [0, 0.05) is 11.8 Å². The van der Waals surface area contributed by atoms with E-state index in [0.717, 1.165) is 27.8 Å². The first kappa shape index (κ1) is 22.5. The van der Waals surface area contributed by atoms with E-state index in [2.05, 4.69) is 26.2 Å². The number of ether oxygens (including phenoxy) is 2. The summed E-state index contributed by atoms with van der Waals surface area (Å²) in [5.41, 5.74) is 10.6. The minimum absolute atomic E-state index is 0.0871. The van der Waals surface area contributed by atoms with Crippen molar-refractivity contribution in [2.24, 2.45) is 10.7 Å². The van der Waals surface area contributed by atoms with Crippen LogP contribution in [0.5, 0.6) is 5.88 Å². The Morgan fingerprint density at radius 2 is 1.90 bits per heavy atom. The van der Waals surface area contributed by atoms with Gasteiger partial charge in [-0.1, -0.05) is 6.07 Å². The molecule has 166 valence electrons. The van der Waals surface area contributed by atoms with E-state index >= 15 is 0 Å². The fraction of sp³-hybridized carbons (Fsp3) is 0.409. The fourth-order valence-electron chi connectivity index (χ4n) is 3.00. The van der Waals surface area contributed by atoms with Crippen LogP contribution in [0.25, 0.3) is 5.52 Å².